The number of hydrogen-bond acceptors (Lipinski definition) is 3. The van der Waals surface area contributed by atoms with Crippen LogP contribution in [0, 0.1) is 34.5 Å². The molecule has 7 atom stereocenters. The number of hydrogen-bond donors (Lipinski definition) is 0. The highest BCUT2D eigenvalue weighted by Crippen LogP contribution is 2.66. The van der Waals surface area contributed by atoms with E-state index in [0.29, 0.717) is 17.8 Å². The van der Waals surface area contributed by atoms with E-state index < -0.39 is 6.17 Å². The van der Waals surface area contributed by atoms with Gasteiger partial charge in [-0.3, -0.25) is 4.79 Å². The van der Waals surface area contributed by atoms with Gasteiger partial charge >= 0.3 is 0 Å². The van der Waals surface area contributed by atoms with Crippen molar-refractivity contribution >= 4 is 5.78 Å². The molecule has 0 saturated heterocycles. The number of carbonyl (C=O) groups is 1. The molecule has 0 aromatic carbocycles. The van der Waals surface area contributed by atoms with Crippen molar-refractivity contribution in [2.45, 2.75) is 71.9 Å². The summed E-state index contributed by atoms with van der Waals surface area (Å²) in [5.41, 5.74) is 1.67. The van der Waals surface area contributed by atoms with Gasteiger partial charge in [-0.15, -0.1) is 0 Å². The first-order chi connectivity index (χ1) is 14.2. The van der Waals surface area contributed by atoms with Crippen molar-refractivity contribution in [3.63, 3.8) is 0 Å². The van der Waals surface area contributed by atoms with Gasteiger partial charge in [0.05, 0.1) is 12.4 Å². The molecule has 0 bridgehead atoms. The molecule has 0 aromatic rings. The largest absolute Gasteiger partial charge is 0.498 e. The van der Waals surface area contributed by atoms with Gasteiger partial charge in [0.2, 0.25) is 0 Å². The summed E-state index contributed by atoms with van der Waals surface area (Å²) in [5, 5.41) is 0. The fourth-order valence-electron chi connectivity index (χ4n) is 7.70. The van der Waals surface area contributed by atoms with Crippen LogP contribution in [0.5, 0.6) is 0 Å². The Balaban J connectivity index is 1.56. The molecule has 4 aliphatic carbocycles. The zero-order valence-electron chi connectivity index (χ0n) is 19.5. The smallest absolute Gasteiger partial charge is 0.171 e. The topological polar surface area (TPSA) is 29.5 Å². The number of nitrogens with zero attached hydrogens (tertiary/aromatic N) is 1. The maximum Gasteiger partial charge on any atom is 0.171 e. The Kier molecular flexibility index (Phi) is 5.93. The molecule has 2 saturated carbocycles. The molecule has 4 aliphatic rings. The van der Waals surface area contributed by atoms with Crippen LogP contribution in [0.15, 0.2) is 23.5 Å². The molecule has 4 rings (SSSR count). The number of fused-ring (bicyclic) bond motifs is 5. The second-order valence-electron chi connectivity index (χ2n) is 11.0. The molecule has 0 aliphatic heterocycles. The number of alkyl halides is 1. The molecule has 30 heavy (non-hydrogen) atoms. The average molecular weight is 418 g/mol. The summed E-state index contributed by atoms with van der Waals surface area (Å²) >= 11 is 0. The molecule has 1 unspecified atom stereocenters. The zero-order valence-corrected chi connectivity index (χ0v) is 19.5. The molecule has 0 amide bonds. The van der Waals surface area contributed by atoms with Crippen molar-refractivity contribution in [3.8, 4) is 0 Å². The fourth-order valence-corrected chi connectivity index (χ4v) is 7.70. The van der Waals surface area contributed by atoms with Crippen molar-refractivity contribution in [3.05, 3.63) is 23.5 Å². The van der Waals surface area contributed by atoms with Crippen molar-refractivity contribution in [1.29, 1.82) is 0 Å². The van der Waals surface area contributed by atoms with E-state index in [1.807, 2.05) is 14.1 Å². The summed E-state index contributed by atoms with van der Waals surface area (Å²) in [4.78, 5) is 14.8. The first-order valence-electron chi connectivity index (χ1n) is 12.1. The molecule has 3 nitrogen and oxygen atoms in total. The SMILES string of the molecule is CCOC1=CC2=CC[C@H]3[C@@H]4CC[C@H](C(=O)C(F)CN(C)C)[C@@]4(C)CC[C@@H]3[C@@]2(C)CC1. The second-order valence-corrected chi connectivity index (χ2v) is 11.0. The monoisotopic (exact) mass is 417 g/mol. The highest BCUT2D eigenvalue weighted by molar-refractivity contribution is 5.86. The standard InChI is InChI=1S/C26H40FNO2/c1-6-30-18-11-13-25(2)17(15-18)7-8-19-20-9-10-22(24(29)23(27)16-28(4)5)26(20,3)14-12-21(19)25/h7,15,19-23H,6,8-14,16H2,1-5H3/t19-,20-,21-,22+,23?,25-,26-/m0/s1. The highest BCUT2D eigenvalue weighted by atomic mass is 19.1. The molecule has 2 fully saturated rings. The third-order valence-corrected chi connectivity index (χ3v) is 9.24. The molecule has 0 heterocycles. The van der Waals surface area contributed by atoms with Crippen LogP contribution in [0.25, 0.3) is 0 Å². The lowest BCUT2D eigenvalue weighted by Crippen LogP contribution is -2.50. The van der Waals surface area contributed by atoms with Crippen LogP contribution in [0.1, 0.15) is 65.7 Å². The number of rotatable bonds is 6. The maximum absolute atomic E-state index is 14.7. The highest BCUT2D eigenvalue weighted by Gasteiger charge is 2.60. The first-order valence-corrected chi connectivity index (χ1v) is 12.1. The summed E-state index contributed by atoms with van der Waals surface area (Å²) in [5.74, 6) is 2.75. The summed E-state index contributed by atoms with van der Waals surface area (Å²) < 4.78 is 20.6. The summed E-state index contributed by atoms with van der Waals surface area (Å²) in [7, 11) is 3.68. The fraction of sp³-hybridized carbons (Fsp3) is 0.808. The summed E-state index contributed by atoms with van der Waals surface area (Å²) in [6.07, 6.45) is 10.9. The van der Waals surface area contributed by atoms with Gasteiger partial charge in [0.15, 0.2) is 12.0 Å². The maximum atomic E-state index is 14.7. The molecule has 0 N–H and O–H groups in total. The predicted octanol–water partition coefficient (Wildman–Crippen LogP) is 5.56. The normalized spacial score (nSPS) is 41.3. The minimum Gasteiger partial charge on any atom is -0.498 e. The van der Waals surface area contributed by atoms with Crippen LogP contribution in [0.4, 0.5) is 4.39 Å². The first kappa shape index (κ1) is 22.0. The zero-order chi connectivity index (χ0) is 21.7. The Bertz CT molecular complexity index is 743. The Morgan fingerprint density at radius 3 is 2.70 bits per heavy atom. The Morgan fingerprint density at radius 2 is 2.00 bits per heavy atom. The lowest BCUT2D eigenvalue weighted by molar-refractivity contribution is -0.134. The van der Waals surface area contributed by atoms with Crippen LogP contribution in [0.3, 0.4) is 0 Å². The van der Waals surface area contributed by atoms with Gasteiger partial charge in [-0.1, -0.05) is 19.9 Å². The van der Waals surface area contributed by atoms with Gasteiger partial charge in [-0.25, -0.2) is 4.39 Å². The van der Waals surface area contributed by atoms with Crippen molar-refractivity contribution < 1.29 is 13.9 Å². The lowest BCUT2D eigenvalue weighted by atomic mass is 9.48. The van der Waals surface area contributed by atoms with Crippen LogP contribution in [-0.4, -0.2) is 44.1 Å². The van der Waals surface area contributed by atoms with Crippen LogP contribution >= 0.6 is 0 Å². The molecule has 168 valence electrons. The van der Waals surface area contributed by atoms with Gasteiger partial charge in [-0.2, -0.15) is 0 Å². The summed E-state index contributed by atoms with van der Waals surface area (Å²) in [6.45, 7) is 7.77. The van der Waals surface area contributed by atoms with E-state index in [4.69, 9.17) is 4.74 Å². The van der Waals surface area contributed by atoms with E-state index in [2.05, 4.69) is 32.9 Å². The van der Waals surface area contributed by atoms with Crippen LogP contribution in [-0.2, 0) is 9.53 Å². The van der Waals surface area contributed by atoms with Crippen molar-refractivity contribution in [1.82, 2.24) is 4.90 Å². The van der Waals surface area contributed by atoms with E-state index in [1.165, 1.54) is 5.57 Å². The van der Waals surface area contributed by atoms with E-state index in [-0.39, 0.29) is 29.1 Å². The molecule has 0 aromatic heterocycles. The number of Topliss-reactive ketones (excluding diaryl/α,β-unsaturated/α-hetero) is 1. The molecule has 0 spiro atoms. The number of carbonyl (C=O) groups excluding carboxylic acids is 1. The predicted molar refractivity (Wildman–Crippen MR) is 119 cm³/mol. The minimum absolute atomic E-state index is 0.0302. The second kappa shape index (κ2) is 8.07. The summed E-state index contributed by atoms with van der Waals surface area (Å²) in [6, 6.07) is 0. The van der Waals surface area contributed by atoms with Crippen LogP contribution < -0.4 is 0 Å². The molecule has 0 radical (unpaired) electrons. The number of allylic oxidation sites excluding steroid dienone is 4. The molecular formula is C26H40FNO2. The molecular weight excluding hydrogens is 377 g/mol. The van der Waals surface area contributed by atoms with Crippen LogP contribution in [0.2, 0.25) is 0 Å². The van der Waals surface area contributed by atoms with Crippen molar-refractivity contribution in [2.24, 2.45) is 34.5 Å². The Morgan fingerprint density at radius 1 is 1.23 bits per heavy atom. The Labute approximate surface area is 182 Å². The van der Waals surface area contributed by atoms with Crippen molar-refractivity contribution in [2.75, 3.05) is 27.2 Å². The minimum atomic E-state index is -1.35. The lowest BCUT2D eigenvalue weighted by Gasteiger charge is -2.57. The number of ether oxygens (including phenoxy) is 1. The van der Waals surface area contributed by atoms with E-state index >= 15 is 0 Å². The number of ketones is 1. The van der Waals surface area contributed by atoms with E-state index in [9.17, 15) is 9.18 Å². The third kappa shape index (κ3) is 3.47. The van der Waals surface area contributed by atoms with Gasteiger partial charge in [0, 0.05) is 18.9 Å². The van der Waals surface area contributed by atoms with Gasteiger partial charge in [0.25, 0.3) is 0 Å². The average Bonchev–Trinajstić information content (AvgIpc) is 3.04. The quantitative estimate of drug-likeness (QED) is 0.566. The Hall–Kier alpha value is -1.16. The van der Waals surface area contributed by atoms with Gasteiger partial charge in [-0.05, 0) is 99.8 Å². The van der Waals surface area contributed by atoms with E-state index in [1.54, 1.807) is 4.90 Å². The van der Waals surface area contributed by atoms with E-state index in [0.717, 1.165) is 57.3 Å². The third-order valence-electron chi connectivity index (χ3n) is 9.24. The number of halogens is 1. The van der Waals surface area contributed by atoms with Gasteiger partial charge < -0.3 is 9.64 Å². The molecule has 4 heteroatoms. The van der Waals surface area contributed by atoms with Gasteiger partial charge in [0.1, 0.15) is 0 Å².